The lowest BCUT2D eigenvalue weighted by Crippen LogP contribution is -2.33. The molecule has 6 nitrogen and oxygen atoms in total. The summed E-state index contributed by atoms with van der Waals surface area (Å²) in [6.45, 7) is 1.29. The molecule has 0 aromatic carbocycles. The zero-order valence-electron chi connectivity index (χ0n) is 10.3. The van der Waals surface area contributed by atoms with Gasteiger partial charge in [0.1, 0.15) is 6.61 Å². The maximum atomic E-state index is 10.5. The van der Waals surface area contributed by atoms with Gasteiger partial charge in [0.2, 0.25) is 0 Å². The van der Waals surface area contributed by atoms with Gasteiger partial charge in [0.25, 0.3) is 10.1 Å². The Morgan fingerprint density at radius 1 is 1.37 bits per heavy atom. The molecule has 1 aliphatic rings. The molecule has 1 aliphatic heterocycles. The molecule has 0 aliphatic carbocycles. The van der Waals surface area contributed by atoms with Gasteiger partial charge in [-0.3, -0.25) is 4.55 Å². The summed E-state index contributed by atoms with van der Waals surface area (Å²) in [7, 11) is -3.86. The van der Waals surface area contributed by atoms with E-state index in [4.69, 9.17) is 18.8 Å². The molecule has 0 saturated carbocycles. The van der Waals surface area contributed by atoms with E-state index in [2.05, 4.69) is 0 Å². The summed E-state index contributed by atoms with van der Waals surface area (Å²) in [5, 5.41) is 3.77. The van der Waals surface area contributed by atoms with E-state index in [1.807, 2.05) is 10.8 Å². The van der Waals surface area contributed by atoms with E-state index in [0.29, 0.717) is 32.7 Å². The lowest BCUT2D eigenvalue weighted by atomic mass is 10.3. The highest BCUT2D eigenvalue weighted by Gasteiger charge is 2.21. The van der Waals surface area contributed by atoms with Crippen LogP contribution in [0.2, 0.25) is 0 Å². The number of rotatable bonds is 7. The van der Waals surface area contributed by atoms with Crippen molar-refractivity contribution in [3.63, 3.8) is 0 Å². The Hall–Kier alpha value is -0.830. The molecule has 0 radical (unpaired) electrons. The average molecular weight is 308 g/mol. The van der Waals surface area contributed by atoms with Gasteiger partial charge in [0.05, 0.1) is 12.4 Å². The molecule has 8 heteroatoms. The summed E-state index contributed by atoms with van der Waals surface area (Å²) >= 11 is 1.52. The van der Waals surface area contributed by atoms with Crippen molar-refractivity contribution in [3.8, 4) is 11.5 Å². The van der Waals surface area contributed by atoms with Crippen molar-refractivity contribution in [1.82, 2.24) is 0 Å². The second-order valence-corrected chi connectivity index (χ2v) is 6.53. The summed E-state index contributed by atoms with van der Waals surface area (Å²) in [5.41, 5.74) is 0. The van der Waals surface area contributed by atoms with Gasteiger partial charge in [-0.1, -0.05) is 0 Å². The van der Waals surface area contributed by atoms with Crippen LogP contribution in [0.3, 0.4) is 0 Å². The van der Waals surface area contributed by atoms with E-state index in [-0.39, 0.29) is 11.9 Å². The Morgan fingerprint density at radius 2 is 2.16 bits per heavy atom. The van der Waals surface area contributed by atoms with Crippen molar-refractivity contribution in [3.05, 3.63) is 10.8 Å². The predicted molar refractivity (Wildman–Crippen MR) is 70.7 cm³/mol. The molecule has 0 saturated heterocycles. The van der Waals surface area contributed by atoms with Crippen LogP contribution in [-0.4, -0.2) is 44.6 Å². The minimum Gasteiger partial charge on any atom is -0.485 e. The Labute approximate surface area is 116 Å². The monoisotopic (exact) mass is 308 g/mol. The van der Waals surface area contributed by atoms with Crippen molar-refractivity contribution in [1.29, 1.82) is 0 Å². The molecule has 1 atom stereocenters. The molecular weight excluding hydrogens is 292 g/mol. The number of ether oxygens (including phenoxy) is 3. The second-order valence-electron chi connectivity index (χ2n) is 4.22. The first-order valence-corrected chi connectivity index (χ1v) is 8.48. The number of fused-ring (bicyclic) bond motifs is 1. The summed E-state index contributed by atoms with van der Waals surface area (Å²) in [6, 6.07) is 0. The van der Waals surface area contributed by atoms with Gasteiger partial charge in [-0.25, -0.2) is 0 Å². The van der Waals surface area contributed by atoms with Crippen LogP contribution in [0.15, 0.2) is 10.8 Å². The van der Waals surface area contributed by atoms with Gasteiger partial charge in [-0.2, -0.15) is 8.42 Å². The van der Waals surface area contributed by atoms with E-state index in [1.165, 1.54) is 11.3 Å². The molecule has 0 amide bonds. The van der Waals surface area contributed by atoms with Gasteiger partial charge in [-0.15, -0.1) is 11.3 Å². The molecule has 108 valence electrons. The van der Waals surface area contributed by atoms with Crippen LogP contribution in [0, 0.1) is 0 Å². The first-order chi connectivity index (χ1) is 9.04. The zero-order chi connectivity index (χ0) is 13.7. The van der Waals surface area contributed by atoms with Gasteiger partial charge in [-0.05, 0) is 12.8 Å². The molecule has 2 heterocycles. The van der Waals surface area contributed by atoms with Crippen LogP contribution in [0.5, 0.6) is 11.5 Å². The SMILES string of the molecule is O=S(=O)(O)CCCCOC[C@H]1COc2cscc2O1. The summed E-state index contributed by atoms with van der Waals surface area (Å²) in [4.78, 5) is 0. The molecule has 0 unspecified atom stereocenters. The third kappa shape index (κ3) is 4.98. The lowest BCUT2D eigenvalue weighted by molar-refractivity contribution is 0.00876. The highest BCUT2D eigenvalue weighted by Crippen LogP contribution is 2.35. The van der Waals surface area contributed by atoms with Crippen molar-refractivity contribution in [2.75, 3.05) is 25.6 Å². The van der Waals surface area contributed by atoms with Gasteiger partial charge in [0.15, 0.2) is 17.6 Å². The Kier molecular flexibility index (Phi) is 5.03. The molecule has 0 fully saturated rings. The van der Waals surface area contributed by atoms with Gasteiger partial charge in [0, 0.05) is 17.4 Å². The van der Waals surface area contributed by atoms with Crippen LogP contribution in [0.25, 0.3) is 0 Å². The summed E-state index contributed by atoms with van der Waals surface area (Å²) < 4.78 is 46.1. The minimum absolute atomic E-state index is 0.135. The van der Waals surface area contributed by atoms with Crippen LogP contribution in [-0.2, 0) is 14.9 Å². The van der Waals surface area contributed by atoms with E-state index in [9.17, 15) is 8.42 Å². The fraction of sp³-hybridized carbons (Fsp3) is 0.636. The normalized spacial score (nSPS) is 18.5. The van der Waals surface area contributed by atoms with Crippen LogP contribution in [0.4, 0.5) is 0 Å². The standard InChI is InChI=1S/C11H16O6S2/c12-19(13,14)4-2-1-3-15-5-9-6-16-10-7-18-8-11(10)17-9/h7-9H,1-6H2,(H,12,13,14)/t9-/m0/s1. The van der Waals surface area contributed by atoms with Crippen LogP contribution < -0.4 is 9.47 Å². The van der Waals surface area contributed by atoms with E-state index < -0.39 is 10.1 Å². The van der Waals surface area contributed by atoms with E-state index in [1.54, 1.807) is 0 Å². The van der Waals surface area contributed by atoms with E-state index >= 15 is 0 Å². The predicted octanol–water partition coefficient (Wildman–Crippen LogP) is 1.57. The van der Waals surface area contributed by atoms with Crippen molar-refractivity contribution in [2.24, 2.45) is 0 Å². The Balaban J connectivity index is 1.57. The Morgan fingerprint density at radius 3 is 2.95 bits per heavy atom. The zero-order valence-corrected chi connectivity index (χ0v) is 11.9. The second kappa shape index (κ2) is 6.56. The molecule has 2 rings (SSSR count). The van der Waals surface area contributed by atoms with Gasteiger partial charge < -0.3 is 14.2 Å². The first kappa shape index (κ1) is 14.6. The Bertz CT molecular complexity index is 495. The molecule has 1 aromatic rings. The minimum atomic E-state index is -3.86. The molecule has 0 spiro atoms. The average Bonchev–Trinajstić information content (AvgIpc) is 2.79. The fourth-order valence-electron chi connectivity index (χ4n) is 1.65. The molecule has 1 aromatic heterocycles. The highest BCUT2D eigenvalue weighted by atomic mass is 32.2. The fourth-order valence-corrected chi connectivity index (χ4v) is 2.89. The van der Waals surface area contributed by atoms with Crippen LogP contribution >= 0.6 is 11.3 Å². The quantitative estimate of drug-likeness (QED) is 0.608. The number of unbranched alkanes of at least 4 members (excludes halogenated alkanes) is 1. The third-order valence-corrected chi connectivity index (χ3v) is 4.06. The van der Waals surface area contributed by atoms with Crippen LogP contribution in [0.1, 0.15) is 12.8 Å². The van der Waals surface area contributed by atoms with Gasteiger partial charge >= 0.3 is 0 Å². The van der Waals surface area contributed by atoms with Crippen molar-refractivity contribution in [2.45, 2.75) is 18.9 Å². The molecule has 0 bridgehead atoms. The lowest BCUT2D eigenvalue weighted by Gasteiger charge is -2.24. The number of thiophene rings is 1. The maximum Gasteiger partial charge on any atom is 0.264 e. The molecular formula is C11H16O6S2. The smallest absolute Gasteiger partial charge is 0.264 e. The summed E-state index contributed by atoms with van der Waals surface area (Å²) in [5.74, 6) is 1.29. The molecule has 19 heavy (non-hydrogen) atoms. The highest BCUT2D eigenvalue weighted by molar-refractivity contribution is 7.85. The number of hydrogen-bond acceptors (Lipinski definition) is 6. The largest absolute Gasteiger partial charge is 0.485 e. The summed E-state index contributed by atoms with van der Waals surface area (Å²) in [6.07, 6.45) is 0.829. The third-order valence-electron chi connectivity index (χ3n) is 2.56. The van der Waals surface area contributed by atoms with Crippen molar-refractivity contribution >= 4 is 21.5 Å². The van der Waals surface area contributed by atoms with E-state index in [0.717, 1.165) is 11.5 Å². The topological polar surface area (TPSA) is 82.1 Å². The first-order valence-electron chi connectivity index (χ1n) is 5.93. The maximum absolute atomic E-state index is 10.5. The number of hydrogen-bond donors (Lipinski definition) is 1. The molecule has 1 N–H and O–H groups in total. The van der Waals surface area contributed by atoms with Crippen molar-refractivity contribution < 1.29 is 27.2 Å².